The summed E-state index contributed by atoms with van der Waals surface area (Å²) in [5.41, 5.74) is 4.59. The monoisotopic (exact) mass is 297 g/mol. The van der Waals surface area contributed by atoms with E-state index in [-0.39, 0.29) is 23.9 Å². The fraction of sp³-hybridized carbons (Fsp3) is 0.429. The van der Waals surface area contributed by atoms with Crippen LogP contribution in [-0.2, 0) is 11.3 Å². The van der Waals surface area contributed by atoms with Crippen molar-refractivity contribution in [3.8, 4) is 0 Å². The first-order valence-corrected chi connectivity index (χ1v) is 6.59. The van der Waals surface area contributed by atoms with Crippen LogP contribution in [-0.4, -0.2) is 17.0 Å². The number of carbonyl (C=O) groups excluding carboxylic acids is 1. The summed E-state index contributed by atoms with van der Waals surface area (Å²) < 4.78 is 26.6. The van der Waals surface area contributed by atoms with Crippen molar-refractivity contribution in [1.82, 2.24) is 5.32 Å². The molecule has 114 valence electrons. The highest BCUT2D eigenvalue weighted by molar-refractivity contribution is 6.07. The number of amides is 1. The van der Waals surface area contributed by atoms with Crippen LogP contribution in [0.25, 0.3) is 0 Å². The Labute approximate surface area is 120 Å². The molecule has 7 heteroatoms. The van der Waals surface area contributed by atoms with Gasteiger partial charge in [0.05, 0.1) is 0 Å². The summed E-state index contributed by atoms with van der Waals surface area (Å²) in [6.07, 6.45) is 0.917. The third kappa shape index (κ3) is 2.81. The van der Waals surface area contributed by atoms with Crippen molar-refractivity contribution in [2.75, 3.05) is 0 Å². The first-order valence-electron chi connectivity index (χ1n) is 6.59. The van der Waals surface area contributed by atoms with E-state index >= 15 is 0 Å². The molecule has 2 rings (SSSR count). The zero-order chi connectivity index (χ0) is 15.6. The van der Waals surface area contributed by atoms with E-state index in [1.54, 1.807) is 0 Å². The molecule has 1 fully saturated rings. The molecule has 0 aliphatic heterocycles. The van der Waals surface area contributed by atoms with Crippen LogP contribution in [0.5, 0.6) is 0 Å². The predicted octanol–water partition coefficient (Wildman–Crippen LogP) is 1.74. The molecule has 1 saturated carbocycles. The minimum absolute atomic E-state index is 0.0466. The fourth-order valence-electron chi connectivity index (χ4n) is 2.76. The second kappa shape index (κ2) is 5.67. The number of nitrogens with one attached hydrogen (secondary N) is 1. The summed E-state index contributed by atoms with van der Waals surface area (Å²) in [5, 5.41) is 14.3. The molecule has 1 aromatic carbocycles. The summed E-state index contributed by atoms with van der Waals surface area (Å²) in [4.78, 5) is 12.3. The molecule has 5 nitrogen and oxygen atoms in total. The molecule has 0 atom stereocenters. The van der Waals surface area contributed by atoms with E-state index in [9.17, 15) is 13.6 Å². The molecule has 0 saturated heterocycles. The number of nitrogens with two attached hydrogens (primary N) is 1. The maximum atomic E-state index is 13.5. The quantitative estimate of drug-likeness (QED) is 0.342. The molecule has 0 aromatic heterocycles. The second-order valence-electron chi connectivity index (χ2n) is 5.50. The minimum Gasteiger partial charge on any atom is -0.409 e. The number of rotatable bonds is 4. The van der Waals surface area contributed by atoms with E-state index in [0.717, 1.165) is 18.2 Å². The number of benzene rings is 1. The molecule has 1 amide bonds. The Kier molecular flexibility index (Phi) is 4.11. The Balaban J connectivity index is 2.09. The number of hydrogen-bond acceptors (Lipinski definition) is 3. The number of halogens is 2. The van der Waals surface area contributed by atoms with Crippen LogP contribution in [0.15, 0.2) is 23.4 Å². The van der Waals surface area contributed by atoms with E-state index < -0.39 is 23.0 Å². The smallest absolute Gasteiger partial charge is 0.234 e. The Morgan fingerprint density at radius 2 is 2.19 bits per heavy atom. The molecule has 21 heavy (non-hydrogen) atoms. The fourth-order valence-corrected chi connectivity index (χ4v) is 2.76. The van der Waals surface area contributed by atoms with Crippen LogP contribution >= 0.6 is 0 Å². The van der Waals surface area contributed by atoms with Gasteiger partial charge in [0.15, 0.2) is 5.84 Å². The molecule has 1 aliphatic carbocycles. The molecule has 0 unspecified atom stereocenters. The van der Waals surface area contributed by atoms with Crippen molar-refractivity contribution in [1.29, 1.82) is 0 Å². The van der Waals surface area contributed by atoms with Crippen LogP contribution < -0.4 is 11.1 Å². The number of hydrogen-bond donors (Lipinski definition) is 3. The third-order valence-corrected chi connectivity index (χ3v) is 3.87. The van der Waals surface area contributed by atoms with Gasteiger partial charge in [-0.2, -0.15) is 0 Å². The number of oxime groups is 1. The lowest BCUT2D eigenvalue weighted by molar-refractivity contribution is -0.133. The van der Waals surface area contributed by atoms with Crippen LogP contribution in [0.2, 0.25) is 0 Å². The van der Waals surface area contributed by atoms with Gasteiger partial charge in [-0.3, -0.25) is 4.79 Å². The largest absolute Gasteiger partial charge is 0.409 e. The van der Waals surface area contributed by atoms with Gasteiger partial charge in [0.1, 0.15) is 17.0 Å². The summed E-state index contributed by atoms with van der Waals surface area (Å²) in [6.45, 7) is 1.79. The molecular formula is C14H17F2N3O2. The van der Waals surface area contributed by atoms with Gasteiger partial charge in [0.25, 0.3) is 0 Å². The van der Waals surface area contributed by atoms with Crippen LogP contribution in [0.4, 0.5) is 8.78 Å². The summed E-state index contributed by atoms with van der Waals surface area (Å²) in [5.74, 6) is -1.50. The summed E-state index contributed by atoms with van der Waals surface area (Å²) >= 11 is 0. The Morgan fingerprint density at radius 3 is 2.76 bits per heavy atom. The topological polar surface area (TPSA) is 87.7 Å². The van der Waals surface area contributed by atoms with E-state index in [4.69, 9.17) is 10.9 Å². The van der Waals surface area contributed by atoms with Gasteiger partial charge < -0.3 is 16.3 Å². The molecule has 0 heterocycles. The van der Waals surface area contributed by atoms with Crippen molar-refractivity contribution in [2.24, 2.45) is 22.2 Å². The molecule has 0 bridgehead atoms. The number of amidine groups is 1. The molecular weight excluding hydrogens is 280 g/mol. The van der Waals surface area contributed by atoms with Gasteiger partial charge in [0, 0.05) is 12.1 Å². The second-order valence-corrected chi connectivity index (χ2v) is 5.50. The summed E-state index contributed by atoms with van der Waals surface area (Å²) in [7, 11) is 0. The van der Waals surface area contributed by atoms with E-state index in [0.29, 0.717) is 12.8 Å². The molecule has 4 N–H and O–H groups in total. The Hall–Kier alpha value is -2.18. The van der Waals surface area contributed by atoms with Crippen LogP contribution in [0.3, 0.4) is 0 Å². The van der Waals surface area contributed by atoms with E-state index in [2.05, 4.69) is 10.5 Å². The minimum atomic E-state index is -1.06. The Bertz CT molecular complexity index is 584. The van der Waals surface area contributed by atoms with E-state index in [1.807, 2.05) is 6.92 Å². The lowest BCUT2D eigenvalue weighted by atomic mass is 9.61. The third-order valence-electron chi connectivity index (χ3n) is 3.87. The normalized spacial score (nSPS) is 25.3. The maximum absolute atomic E-state index is 13.5. The molecule has 1 aromatic rings. The highest BCUT2D eigenvalue weighted by atomic mass is 19.1. The van der Waals surface area contributed by atoms with Gasteiger partial charge in [-0.25, -0.2) is 8.78 Å². The van der Waals surface area contributed by atoms with Gasteiger partial charge in [0.2, 0.25) is 5.91 Å². The Morgan fingerprint density at radius 1 is 1.52 bits per heavy atom. The van der Waals surface area contributed by atoms with Crippen LogP contribution in [0, 0.1) is 23.0 Å². The zero-order valence-electron chi connectivity index (χ0n) is 11.6. The van der Waals surface area contributed by atoms with Crippen LogP contribution in [0.1, 0.15) is 25.3 Å². The van der Waals surface area contributed by atoms with Gasteiger partial charge >= 0.3 is 0 Å². The van der Waals surface area contributed by atoms with Crippen molar-refractivity contribution < 1.29 is 18.8 Å². The SMILES string of the molecule is CC1CC(C(=O)NCc2cc(F)ccc2F)(/C(N)=N/O)C1. The van der Waals surface area contributed by atoms with Crippen molar-refractivity contribution >= 4 is 11.7 Å². The van der Waals surface area contributed by atoms with Gasteiger partial charge in [-0.1, -0.05) is 12.1 Å². The highest BCUT2D eigenvalue weighted by Crippen LogP contribution is 2.45. The molecule has 1 aliphatic rings. The van der Waals surface area contributed by atoms with E-state index in [1.165, 1.54) is 0 Å². The lowest BCUT2D eigenvalue weighted by Gasteiger charge is -2.43. The highest BCUT2D eigenvalue weighted by Gasteiger charge is 2.52. The zero-order valence-corrected chi connectivity index (χ0v) is 11.6. The van der Waals surface area contributed by atoms with Gasteiger partial charge in [-0.05, 0) is 37.0 Å². The average Bonchev–Trinajstić information content (AvgIpc) is 2.43. The van der Waals surface area contributed by atoms with Crippen molar-refractivity contribution in [3.05, 3.63) is 35.4 Å². The lowest BCUT2D eigenvalue weighted by Crippen LogP contribution is -2.56. The maximum Gasteiger partial charge on any atom is 0.234 e. The number of carbonyl (C=O) groups is 1. The van der Waals surface area contributed by atoms with Crippen molar-refractivity contribution in [2.45, 2.75) is 26.3 Å². The predicted molar refractivity (Wildman–Crippen MR) is 72.4 cm³/mol. The summed E-state index contributed by atoms with van der Waals surface area (Å²) in [6, 6.07) is 3.03. The average molecular weight is 297 g/mol. The number of nitrogens with zero attached hydrogens (tertiary/aromatic N) is 1. The van der Waals surface area contributed by atoms with Gasteiger partial charge in [-0.15, -0.1) is 0 Å². The standard InChI is InChI=1S/C14H17F2N3O2/c1-8-5-14(6-8,12(17)19-21)13(20)18-7-9-4-10(15)2-3-11(9)16/h2-4,8,21H,5-7H2,1H3,(H2,17,19)(H,18,20). The van der Waals surface area contributed by atoms with Crippen molar-refractivity contribution in [3.63, 3.8) is 0 Å². The molecule has 0 spiro atoms. The molecule has 0 radical (unpaired) electrons. The first-order chi connectivity index (χ1) is 9.89. The first kappa shape index (κ1) is 15.2.